The summed E-state index contributed by atoms with van der Waals surface area (Å²) in [6.45, 7) is 0.725. The molecule has 1 unspecified atom stereocenters. The van der Waals surface area contributed by atoms with Gasteiger partial charge in [-0.25, -0.2) is 4.99 Å². The van der Waals surface area contributed by atoms with Gasteiger partial charge in [-0.1, -0.05) is 36.8 Å². The van der Waals surface area contributed by atoms with Gasteiger partial charge in [0.25, 0.3) is 5.91 Å². The predicted octanol–water partition coefficient (Wildman–Crippen LogP) is 1.19. The van der Waals surface area contributed by atoms with Crippen molar-refractivity contribution in [1.29, 1.82) is 0 Å². The quantitative estimate of drug-likeness (QED) is 0.839. The molecule has 20 heavy (non-hydrogen) atoms. The van der Waals surface area contributed by atoms with E-state index in [1.807, 2.05) is 36.4 Å². The highest BCUT2D eigenvalue weighted by Gasteiger charge is 2.18. The third-order valence-corrected chi connectivity index (χ3v) is 3.91. The number of nitrogens with zero attached hydrogens (tertiary/aromatic N) is 2. The van der Waals surface area contributed by atoms with Gasteiger partial charge in [0.2, 0.25) is 0 Å². The second-order valence-corrected chi connectivity index (χ2v) is 5.27. The van der Waals surface area contributed by atoms with Gasteiger partial charge in [-0.3, -0.25) is 4.79 Å². The van der Waals surface area contributed by atoms with Crippen LogP contribution in [0.25, 0.3) is 5.57 Å². The molecular formula is C16H18N2O2. The van der Waals surface area contributed by atoms with Crippen LogP contribution in [0.5, 0.6) is 0 Å². The molecule has 0 aliphatic carbocycles. The van der Waals surface area contributed by atoms with Crippen molar-refractivity contribution in [2.75, 3.05) is 6.54 Å². The van der Waals surface area contributed by atoms with Crippen LogP contribution >= 0.6 is 0 Å². The molecule has 0 aromatic heterocycles. The highest BCUT2D eigenvalue weighted by Crippen LogP contribution is 2.16. The molecule has 1 saturated heterocycles. The van der Waals surface area contributed by atoms with E-state index in [2.05, 4.69) is 4.99 Å². The van der Waals surface area contributed by atoms with Crippen molar-refractivity contribution in [3.63, 3.8) is 0 Å². The first-order valence-electron chi connectivity index (χ1n) is 7.09. The minimum Gasteiger partial charge on any atom is -0.313 e. The Hall–Kier alpha value is -1.78. The van der Waals surface area contributed by atoms with E-state index in [1.165, 1.54) is 5.06 Å². The summed E-state index contributed by atoms with van der Waals surface area (Å²) in [5.41, 5.74) is 0.747. The minimum atomic E-state index is -0.139. The van der Waals surface area contributed by atoms with E-state index >= 15 is 0 Å². The van der Waals surface area contributed by atoms with Gasteiger partial charge in [-0.05, 0) is 25.3 Å². The van der Waals surface area contributed by atoms with Crippen LogP contribution in [-0.2, 0) is 4.79 Å². The maximum atomic E-state index is 11.9. The van der Waals surface area contributed by atoms with E-state index in [9.17, 15) is 10.0 Å². The summed E-state index contributed by atoms with van der Waals surface area (Å²) in [6, 6.07) is 7.69. The average molecular weight is 270 g/mol. The van der Waals surface area contributed by atoms with Crippen molar-refractivity contribution in [3.05, 3.63) is 47.0 Å². The van der Waals surface area contributed by atoms with Crippen LogP contribution in [0, 0.1) is 0 Å². The zero-order valence-electron chi connectivity index (χ0n) is 11.3. The molecule has 1 aromatic rings. The number of piperidine rings is 1. The number of carbonyl (C=O) groups is 1. The first-order valence-corrected chi connectivity index (χ1v) is 7.09. The summed E-state index contributed by atoms with van der Waals surface area (Å²) < 4.78 is 0. The van der Waals surface area contributed by atoms with Gasteiger partial charge in [0, 0.05) is 17.3 Å². The van der Waals surface area contributed by atoms with Crippen molar-refractivity contribution >= 4 is 11.5 Å². The molecule has 2 aliphatic rings. The second-order valence-electron chi connectivity index (χ2n) is 5.27. The van der Waals surface area contributed by atoms with Crippen molar-refractivity contribution in [1.82, 2.24) is 5.06 Å². The molecule has 1 fully saturated rings. The zero-order valence-corrected chi connectivity index (χ0v) is 11.3. The second kappa shape index (κ2) is 5.69. The maximum Gasteiger partial charge on any atom is 0.274 e. The molecule has 4 nitrogen and oxygen atoms in total. The van der Waals surface area contributed by atoms with Crippen molar-refractivity contribution in [2.24, 2.45) is 4.99 Å². The van der Waals surface area contributed by atoms with E-state index in [0.717, 1.165) is 42.0 Å². The lowest BCUT2D eigenvalue weighted by molar-refractivity contribution is -0.127. The van der Waals surface area contributed by atoms with Crippen LogP contribution < -0.4 is 10.6 Å². The van der Waals surface area contributed by atoms with Gasteiger partial charge in [-0.15, -0.1) is 0 Å². The summed E-state index contributed by atoms with van der Waals surface area (Å²) in [4.78, 5) is 15.9. The van der Waals surface area contributed by atoms with E-state index < -0.39 is 0 Å². The lowest BCUT2D eigenvalue weighted by Crippen LogP contribution is -2.35. The van der Waals surface area contributed by atoms with Gasteiger partial charge < -0.3 is 5.21 Å². The summed E-state index contributed by atoms with van der Waals surface area (Å²) >= 11 is 0. The summed E-state index contributed by atoms with van der Waals surface area (Å²) in [7, 11) is 0. The molecule has 0 spiro atoms. The molecular weight excluding hydrogens is 252 g/mol. The van der Waals surface area contributed by atoms with Gasteiger partial charge in [0.05, 0.1) is 11.4 Å². The normalized spacial score (nSPS) is 23.1. The average Bonchev–Trinajstić information content (AvgIpc) is 2.77. The SMILES string of the molecule is O=C1N=c2ccccc2=C1CC=CC1CCCCN1O. The molecule has 2 aliphatic heterocycles. The molecule has 1 amide bonds. The monoisotopic (exact) mass is 270 g/mol. The Labute approximate surface area is 117 Å². The Morgan fingerprint density at radius 3 is 3.05 bits per heavy atom. The van der Waals surface area contributed by atoms with Crippen LogP contribution in [-0.4, -0.2) is 28.8 Å². The number of hydrogen-bond donors (Lipinski definition) is 1. The minimum absolute atomic E-state index is 0.0769. The number of benzene rings is 1. The highest BCUT2D eigenvalue weighted by atomic mass is 16.5. The molecule has 1 aromatic carbocycles. The lowest BCUT2D eigenvalue weighted by atomic mass is 10.0. The van der Waals surface area contributed by atoms with E-state index in [4.69, 9.17) is 0 Å². The molecule has 4 heteroatoms. The number of para-hydroxylation sites is 1. The number of rotatable bonds is 3. The Kier molecular flexibility index (Phi) is 3.76. The van der Waals surface area contributed by atoms with Crippen LogP contribution in [0.2, 0.25) is 0 Å². The lowest BCUT2D eigenvalue weighted by Gasteiger charge is -2.27. The van der Waals surface area contributed by atoms with Crippen molar-refractivity contribution < 1.29 is 10.0 Å². The number of carbonyl (C=O) groups excluding carboxylic acids is 1. The van der Waals surface area contributed by atoms with Gasteiger partial charge in [-0.2, -0.15) is 5.06 Å². The number of fused-ring (bicyclic) bond motifs is 1. The number of allylic oxidation sites excluding steroid dienone is 1. The predicted molar refractivity (Wildman–Crippen MR) is 75.5 cm³/mol. The molecule has 1 N–H and O–H groups in total. The molecule has 0 bridgehead atoms. The fraction of sp³-hybridized carbons (Fsp3) is 0.375. The molecule has 0 radical (unpaired) electrons. The fourth-order valence-electron chi connectivity index (χ4n) is 2.80. The number of hydroxylamine groups is 2. The van der Waals surface area contributed by atoms with Crippen LogP contribution in [0.1, 0.15) is 25.7 Å². The molecule has 3 rings (SSSR count). The number of amides is 1. The van der Waals surface area contributed by atoms with Crippen molar-refractivity contribution in [2.45, 2.75) is 31.7 Å². The zero-order chi connectivity index (χ0) is 13.9. The molecule has 104 valence electrons. The summed E-state index contributed by atoms with van der Waals surface area (Å²) in [6.07, 6.45) is 7.70. The number of hydrogen-bond acceptors (Lipinski definition) is 3. The summed E-state index contributed by atoms with van der Waals surface area (Å²) in [5.74, 6) is -0.139. The Morgan fingerprint density at radius 2 is 2.20 bits per heavy atom. The topological polar surface area (TPSA) is 52.9 Å². The van der Waals surface area contributed by atoms with Crippen LogP contribution in [0.15, 0.2) is 41.4 Å². The molecule has 0 saturated carbocycles. The Bertz CT molecular complexity index is 663. The summed E-state index contributed by atoms with van der Waals surface area (Å²) in [5, 5.41) is 12.9. The first-order chi connectivity index (χ1) is 9.75. The van der Waals surface area contributed by atoms with Crippen molar-refractivity contribution in [3.8, 4) is 0 Å². The van der Waals surface area contributed by atoms with E-state index in [1.54, 1.807) is 0 Å². The smallest absolute Gasteiger partial charge is 0.274 e. The third-order valence-electron chi connectivity index (χ3n) is 3.91. The van der Waals surface area contributed by atoms with Gasteiger partial charge in [0.1, 0.15) is 0 Å². The molecule has 2 heterocycles. The van der Waals surface area contributed by atoms with Gasteiger partial charge >= 0.3 is 0 Å². The Balaban J connectivity index is 1.76. The van der Waals surface area contributed by atoms with Crippen LogP contribution in [0.3, 0.4) is 0 Å². The molecule has 1 atom stereocenters. The van der Waals surface area contributed by atoms with E-state index in [0.29, 0.717) is 6.42 Å². The first kappa shape index (κ1) is 13.2. The standard InChI is InChI=1S/C16H18N2O2/c19-16-14(13-8-1-2-10-15(13)17-16)9-5-7-12-6-3-4-11-18(12)20/h1-2,5,7-8,10,12,20H,3-4,6,9,11H2. The van der Waals surface area contributed by atoms with E-state index in [-0.39, 0.29) is 11.9 Å². The fourth-order valence-corrected chi connectivity index (χ4v) is 2.80. The Morgan fingerprint density at radius 1 is 1.35 bits per heavy atom. The maximum absolute atomic E-state index is 11.9. The third kappa shape index (κ3) is 2.57. The highest BCUT2D eigenvalue weighted by molar-refractivity contribution is 6.15. The largest absolute Gasteiger partial charge is 0.313 e. The van der Waals surface area contributed by atoms with Crippen LogP contribution in [0.4, 0.5) is 0 Å². The van der Waals surface area contributed by atoms with Gasteiger partial charge in [0.15, 0.2) is 0 Å².